The van der Waals surface area contributed by atoms with Crippen LogP contribution in [0.25, 0.3) is 0 Å². The van der Waals surface area contributed by atoms with Gasteiger partial charge in [-0.1, -0.05) is 23.3 Å². The van der Waals surface area contributed by atoms with Crippen LogP contribution in [0.2, 0.25) is 0 Å². The summed E-state index contributed by atoms with van der Waals surface area (Å²) in [6, 6.07) is 0. The molecule has 4 nitrogen and oxygen atoms in total. The molecule has 0 bridgehead atoms. The van der Waals surface area contributed by atoms with Gasteiger partial charge in [-0.25, -0.2) is 0 Å². The SMILES string of the molecule is CSC(=C[N+](=O)[O-])NC/C=C(\C)CCC=C(C)C. The Bertz CT molecular complexity index is 356. The lowest BCUT2D eigenvalue weighted by atomic mass is 10.1. The Kier molecular flexibility index (Phi) is 9.10. The van der Waals surface area contributed by atoms with Crippen LogP contribution < -0.4 is 5.32 Å². The maximum Gasteiger partial charge on any atom is 0.263 e. The Morgan fingerprint density at radius 1 is 1.33 bits per heavy atom. The van der Waals surface area contributed by atoms with Crippen LogP contribution in [0.5, 0.6) is 0 Å². The summed E-state index contributed by atoms with van der Waals surface area (Å²) < 4.78 is 0. The minimum Gasteiger partial charge on any atom is -0.371 e. The van der Waals surface area contributed by atoms with Gasteiger partial charge in [0.1, 0.15) is 5.03 Å². The summed E-state index contributed by atoms with van der Waals surface area (Å²) >= 11 is 1.34. The van der Waals surface area contributed by atoms with E-state index in [9.17, 15) is 10.1 Å². The molecule has 0 rings (SSSR count). The van der Waals surface area contributed by atoms with Crippen LogP contribution in [0.15, 0.2) is 34.5 Å². The molecule has 0 aliphatic carbocycles. The molecular weight excluding hydrogens is 248 g/mol. The molecule has 0 spiro atoms. The monoisotopic (exact) mass is 270 g/mol. The number of nitrogens with one attached hydrogen (secondary N) is 1. The number of hydrogen-bond donors (Lipinski definition) is 1. The first-order chi connectivity index (χ1) is 8.45. The predicted molar refractivity (Wildman–Crippen MR) is 79.0 cm³/mol. The van der Waals surface area contributed by atoms with E-state index < -0.39 is 4.92 Å². The third-order valence-electron chi connectivity index (χ3n) is 2.26. The van der Waals surface area contributed by atoms with Crippen molar-refractivity contribution in [2.45, 2.75) is 33.6 Å². The minimum absolute atomic E-state index is 0.440. The van der Waals surface area contributed by atoms with Crippen molar-refractivity contribution in [2.24, 2.45) is 0 Å². The van der Waals surface area contributed by atoms with E-state index in [0.717, 1.165) is 19.0 Å². The molecule has 0 heterocycles. The van der Waals surface area contributed by atoms with Crippen molar-refractivity contribution >= 4 is 11.8 Å². The molecule has 5 heteroatoms. The molecule has 0 aliphatic heterocycles. The fourth-order valence-corrected chi connectivity index (χ4v) is 1.70. The summed E-state index contributed by atoms with van der Waals surface area (Å²) in [4.78, 5) is 9.88. The van der Waals surface area contributed by atoms with Crippen molar-refractivity contribution in [3.8, 4) is 0 Å². The summed E-state index contributed by atoms with van der Waals surface area (Å²) in [5.74, 6) is 0. The van der Waals surface area contributed by atoms with Gasteiger partial charge in [-0.05, 0) is 39.9 Å². The first kappa shape index (κ1) is 16.8. The highest BCUT2D eigenvalue weighted by atomic mass is 32.2. The van der Waals surface area contributed by atoms with E-state index in [1.807, 2.05) is 6.26 Å². The summed E-state index contributed by atoms with van der Waals surface area (Å²) in [7, 11) is 0. The van der Waals surface area contributed by atoms with Gasteiger partial charge in [-0.3, -0.25) is 10.1 Å². The number of nitro groups is 1. The number of allylic oxidation sites excluding steroid dienone is 3. The van der Waals surface area contributed by atoms with Gasteiger partial charge >= 0.3 is 0 Å². The maximum atomic E-state index is 10.3. The summed E-state index contributed by atoms with van der Waals surface area (Å²) in [5.41, 5.74) is 2.63. The van der Waals surface area contributed by atoms with Gasteiger partial charge < -0.3 is 5.32 Å². The smallest absolute Gasteiger partial charge is 0.263 e. The first-order valence-electron chi connectivity index (χ1n) is 5.88. The second kappa shape index (κ2) is 9.76. The highest BCUT2D eigenvalue weighted by Crippen LogP contribution is 2.08. The van der Waals surface area contributed by atoms with Crippen LogP contribution in [0.1, 0.15) is 33.6 Å². The second-order valence-corrected chi connectivity index (χ2v) is 5.08. The minimum atomic E-state index is -0.440. The lowest BCUT2D eigenvalue weighted by Gasteiger charge is -2.04. The van der Waals surface area contributed by atoms with Crippen LogP contribution in [-0.4, -0.2) is 17.7 Å². The summed E-state index contributed by atoms with van der Waals surface area (Å²) in [6.07, 6.45) is 9.17. The maximum absolute atomic E-state index is 10.3. The average molecular weight is 270 g/mol. The second-order valence-electron chi connectivity index (χ2n) is 4.23. The van der Waals surface area contributed by atoms with Crippen LogP contribution in [0.4, 0.5) is 0 Å². The standard InChI is InChI=1S/C13H22N2O2S/c1-11(2)6-5-7-12(3)8-9-14-13(18-4)10-15(16)17/h6,8,10,14H,5,7,9H2,1-4H3/b12-8+,13-10?. The number of hydrogen-bond acceptors (Lipinski definition) is 4. The van der Waals surface area contributed by atoms with Gasteiger partial charge in [0.05, 0.1) is 4.92 Å². The summed E-state index contributed by atoms with van der Waals surface area (Å²) in [6.45, 7) is 6.89. The molecule has 0 amide bonds. The highest BCUT2D eigenvalue weighted by Gasteiger charge is 1.98. The molecule has 1 N–H and O–H groups in total. The molecule has 0 atom stereocenters. The number of nitrogens with zero attached hydrogens (tertiary/aromatic N) is 1. The van der Waals surface area contributed by atoms with Crippen LogP contribution in [0.3, 0.4) is 0 Å². The molecule has 0 saturated heterocycles. The van der Waals surface area contributed by atoms with E-state index in [2.05, 4.69) is 38.2 Å². The fourth-order valence-electron chi connectivity index (χ4n) is 1.28. The van der Waals surface area contributed by atoms with E-state index in [0.29, 0.717) is 11.6 Å². The molecule has 0 saturated carbocycles. The van der Waals surface area contributed by atoms with Crippen molar-refractivity contribution < 1.29 is 4.92 Å². The van der Waals surface area contributed by atoms with Crippen LogP contribution in [0, 0.1) is 10.1 Å². The molecule has 0 radical (unpaired) electrons. The Morgan fingerprint density at radius 2 is 2.00 bits per heavy atom. The van der Waals surface area contributed by atoms with E-state index in [-0.39, 0.29) is 0 Å². The van der Waals surface area contributed by atoms with Crippen LogP contribution in [-0.2, 0) is 0 Å². The third-order valence-corrected chi connectivity index (χ3v) is 2.95. The van der Waals surface area contributed by atoms with E-state index in [1.165, 1.54) is 22.9 Å². The molecule has 0 unspecified atom stereocenters. The molecule has 0 fully saturated rings. The van der Waals surface area contributed by atoms with Crippen molar-refractivity contribution in [3.05, 3.63) is 44.6 Å². The Morgan fingerprint density at radius 3 is 2.50 bits per heavy atom. The van der Waals surface area contributed by atoms with Crippen molar-refractivity contribution in [2.75, 3.05) is 12.8 Å². The highest BCUT2D eigenvalue weighted by molar-refractivity contribution is 8.02. The summed E-state index contributed by atoms with van der Waals surface area (Å²) in [5, 5.41) is 13.9. The Labute approximate surface area is 113 Å². The van der Waals surface area contributed by atoms with Crippen LogP contribution >= 0.6 is 11.8 Å². The first-order valence-corrected chi connectivity index (χ1v) is 7.10. The Balaban J connectivity index is 4.06. The van der Waals surface area contributed by atoms with E-state index in [1.54, 1.807) is 0 Å². The zero-order valence-corrected chi connectivity index (χ0v) is 12.3. The van der Waals surface area contributed by atoms with Gasteiger partial charge in [0, 0.05) is 6.54 Å². The van der Waals surface area contributed by atoms with Crippen molar-refractivity contribution in [1.29, 1.82) is 0 Å². The van der Waals surface area contributed by atoms with Gasteiger partial charge in [-0.15, -0.1) is 11.8 Å². The zero-order chi connectivity index (χ0) is 14.0. The zero-order valence-electron chi connectivity index (χ0n) is 11.5. The van der Waals surface area contributed by atoms with Crippen molar-refractivity contribution in [3.63, 3.8) is 0 Å². The fraction of sp³-hybridized carbons (Fsp3) is 0.538. The molecule has 0 aromatic rings. The van der Waals surface area contributed by atoms with Gasteiger partial charge in [-0.2, -0.15) is 0 Å². The topological polar surface area (TPSA) is 55.2 Å². The normalized spacial score (nSPS) is 12.2. The van der Waals surface area contributed by atoms with Gasteiger partial charge in [0.15, 0.2) is 0 Å². The molecule has 0 aliphatic rings. The average Bonchev–Trinajstić information content (AvgIpc) is 2.26. The third kappa shape index (κ3) is 9.96. The molecular formula is C13H22N2O2S. The predicted octanol–water partition coefficient (Wildman–Crippen LogP) is 3.71. The van der Waals surface area contributed by atoms with Gasteiger partial charge in [0.2, 0.25) is 0 Å². The molecule has 102 valence electrons. The lowest BCUT2D eigenvalue weighted by Crippen LogP contribution is -2.12. The van der Waals surface area contributed by atoms with E-state index in [4.69, 9.17) is 0 Å². The molecule has 0 aromatic carbocycles. The lowest BCUT2D eigenvalue weighted by molar-refractivity contribution is -0.403. The van der Waals surface area contributed by atoms with Crippen molar-refractivity contribution in [1.82, 2.24) is 5.32 Å². The number of thioether (sulfide) groups is 1. The quantitative estimate of drug-likeness (QED) is 0.415. The number of rotatable bonds is 8. The van der Waals surface area contributed by atoms with E-state index >= 15 is 0 Å². The van der Waals surface area contributed by atoms with Gasteiger partial charge in [0.25, 0.3) is 6.20 Å². The molecule has 0 aromatic heterocycles. The molecule has 18 heavy (non-hydrogen) atoms. The Hall–Kier alpha value is -1.23. The largest absolute Gasteiger partial charge is 0.371 e.